The molecule has 1 aromatic carbocycles. The number of aliphatic hydroxyl groups is 1. The van der Waals surface area contributed by atoms with E-state index in [1.165, 1.54) is 36.4 Å². The normalized spacial score (nSPS) is 17.6. The third-order valence-electron chi connectivity index (χ3n) is 8.33. The number of nitrogens with two attached hydrogens (primary N) is 1. The van der Waals surface area contributed by atoms with E-state index in [0.717, 1.165) is 51.7 Å². The van der Waals surface area contributed by atoms with Crippen LogP contribution in [-0.4, -0.2) is 103 Å². The fourth-order valence-electron chi connectivity index (χ4n) is 5.81. The summed E-state index contributed by atoms with van der Waals surface area (Å²) in [5, 5.41) is 13.3. The van der Waals surface area contributed by atoms with E-state index in [4.69, 9.17) is 39.9 Å². The Hall–Kier alpha value is -3.01. The molecule has 256 valence electrons. The maximum absolute atomic E-state index is 15.1. The number of aromatic nitrogens is 3. The van der Waals surface area contributed by atoms with Crippen molar-refractivity contribution >= 4 is 23.6 Å². The van der Waals surface area contributed by atoms with Crippen LogP contribution in [0.25, 0.3) is 0 Å². The molecule has 46 heavy (non-hydrogen) atoms. The molecule has 13 nitrogen and oxygen atoms in total. The molecule has 1 saturated heterocycles. The van der Waals surface area contributed by atoms with E-state index in [0.29, 0.717) is 43.3 Å². The summed E-state index contributed by atoms with van der Waals surface area (Å²) in [4.78, 5) is 28.9. The molecule has 0 amide bonds. The van der Waals surface area contributed by atoms with Gasteiger partial charge in [-0.2, -0.15) is 15.0 Å². The van der Waals surface area contributed by atoms with E-state index in [2.05, 4.69) is 22.1 Å². The number of nitrogens with one attached hydrogen (secondary N) is 1. The predicted molar refractivity (Wildman–Crippen MR) is 172 cm³/mol. The maximum atomic E-state index is 15.1. The number of hydrogen-bond acceptors (Lipinski definition) is 13. The zero-order valence-corrected chi connectivity index (χ0v) is 27.0. The Bertz CT molecular complexity index is 1200. The molecule has 1 saturated carbocycles. The van der Waals surface area contributed by atoms with Gasteiger partial charge in [-0.15, -0.1) is 0 Å². The molecule has 14 heteroatoms. The topological polar surface area (TPSA) is 157 Å². The van der Waals surface area contributed by atoms with Crippen molar-refractivity contribution in [1.29, 1.82) is 0 Å². The number of esters is 1. The standard InChI is InChI=1S/C32H50FN7O6/c1-2-39-14-7-10-26(39)23-35-31-36-30(24-8-5-3-4-6-9-24)37-32(38-31)40(34)25-11-12-28(27(33)22-25)46-29(42)13-16-43-18-20-45-21-19-44-17-15-41/h11-12,22,24,26,41H,2-10,13-21,23,34H2,1H3,(H,35,36,37,38). The zero-order valence-electron chi connectivity index (χ0n) is 27.0. The third-order valence-corrected chi connectivity index (χ3v) is 8.33. The lowest BCUT2D eigenvalue weighted by molar-refractivity contribution is -0.135. The third kappa shape index (κ3) is 11.4. The molecule has 0 spiro atoms. The van der Waals surface area contributed by atoms with Crippen LogP contribution >= 0.6 is 0 Å². The molecule has 2 aromatic rings. The fraction of sp³-hybridized carbons (Fsp3) is 0.688. The van der Waals surface area contributed by atoms with Gasteiger partial charge in [0.2, 0.25) is 11.9 Å². The first-order chi connectivity index (χ1) is 22.5. The lowest BCUT2D eigenvalue weighted by Gasteiger charge is -2.24. The molecule has 1 atom stereocenters. The van der Waals surface area contributed by atoms with Gasteiger partial charge in [-0.05, 0) is 50.9 Å². The Labute approximate surface area is 270 Å². The van der Waals surface area contributed by atoms with Crippen LogP contribution in [0.3, 0.4) is 0 Å². The fourth-order valence-corrected chi connectivity index (χ4v) is 5.81. The van der Waals surface area contributed by atoms with Gasteiger partial charge in [0, 0.05) is 24.6 Å². The molecule has 2 aliphatic rings. The lowest BCUT2D eigenvalue weighted by Crippen LogP contribution is -2.35. The molecular formula is C32H50FN7O6. The second kappa shape index (κ2) is 19.6. The monoisotopic (exact) mass is 647 g/mol. The molecular weight excluding hydrogens is 597 g/mol. The average Bonchev–Trinajstić information content (AvgIpc) is 3.35. The number of hydrazine groups is 1. The van der Waals surface area contributed by atoms with Crippen LogP contribution in [0.15, 0.2) is 18.2 Å². The van der Waals surface area contributed by atoms with Crippen LogP contribution in [0, 0.1) is 5.82 Å². The number of carbonyl (C=O) groups excluding carboxylic acids is 1. The van der Waals surface area contributed by atoms with Crippen molar-refractivity contribution in [1.82, 2.24) is 19.9 Å². The molecule has 1 aliphatic heterocycles. The van der Waals surface area contributed by atoms with Crippen LogP contribution in [0.2, 0.25) is 0 Å². The number of ether oxygens (including phenoxy) is 4. The van der Waals surface area contributed by atoms with E-state index in [1.807, 2.05) is 0 Å². The number of rotatable bonds is 19. The highest BCUT2D eigenvalue weighted by atomic mass is 19.1. The number of benzene rings is 1. The first-order valence-electron chi connectivity index (χ1n) is 16.6. The van der Waals surface area contributed by atoms with Gasteiger partial charge in [0.1, 0.15) is 5.82 Å². The SMILES string of the molecule is CCN1CCCC1CNc1nc(C2CCCCCC2)nc(N(N)c2ccc(OC(=O)CCOCCOCCOCCO)c(F)c2)n1. The first kappa shape index (κ1) is 35.8. The Morgan fingerprint density at radius 3 is 2.41 bits per heavy atom. The van der Waals surface area contributed by atoms with E-state index >= 15 is 4.39 Å². The van der Waals surface area contributed by atoms with Gasteiger partial charge in [0.05, 0.1) is 58.4 Å². The zero-order chi connectivity index (χ0) is 32.6. The van der Waals surface area contributed by atoms with Gasteiger partial charge < -0.3 is 29.4 Å². The Morgan fingerprint density at radius 1 is 1.00 bits per heavy atom. The smallest absolute Gasteiger partial charge is 0.313 e. The molecule has 1 unspecified atom stereocenters. The Kier molecular flexibility index (Phi) is 15.3. The summed E-state index contributed by atoms with van der Waals surface area (Å²) >= 11 is 0. The molecule has 1 aromatic heterocycles. The van der Waals surface area contributed by atoms with Crippen molar-refractivity contribution in [3.8, 4) is 5.75 Å². The van der Waals surface area contributed by atoms with Crippen molar-refractivity contribution in [3.63, 3.8) is 0 Å². The van der Waals surface area contributed by atoms with E-state index < -0.39 is 11.8 Å². The van der Waals surface area contributed by atoms with E-state index in [-0.39, 0.29) is 50.5 Å². The average molecular weight is 648 g/mol. The van der Waals surface area contributed by atoms with Crippen molar-refractivity contribution in [2.24, 2.45) is 5.84 Å². The van der Waals surface area contributed by atoms with Gasteiger partial charge >= 0.3 is 5.97 Å². The van der Waals surface area contributed by atoms with Gasteiger partial charge in [0.25, 0.3) is 0 Å². The summed E-state index contributed by atoms with van der Waals surface area (Å²) < 4.78 is 36.1. The number of hydrogen-bond donors (Lipinski definition) is 3. The summed E-state index contributed by atoms with van der Waals surface area (Å²) in [6.07, 6.45) is 8.94. The molecule has 4 N–H and O–H groups in total. The van der Waals surface area contributed by atoms with E-state index in [9.17, 15) is 4.79 Å². The summed E-state index contributed by atoms with van der Waals surface area (Å²) in [6, 6.07) is 4.53. The van der Waals surface area contributed by atoms with Crippen LogP contribution in [0.1, 0.15) is 76.5 Å². The largest absolute Gasteiger partial charge is 0.423 e. The van der Waals surface area contributed by atoms with Gasteiger partial charge in [0.15, 0.2) is 11.6 Å². The second-order valence-corrected chi connectivity index (χ2v) is 11.6. The second-order valence-electron chi connectivity index (χ2n) is 11.6. The van der Waals surface area contributed by atoms with Crippen LogP contribution in [-0.2, 0) is 19.0 Å². The minimum atomic E-state index is -0.740. The molecule has 1 aliphatic carbocycles. The number of anilines is 3. The highest BCUT2D eigenvalue weighted by Crippen LogP contribution is 2.32. The maximum Gasteiger partial charge on any atom is 0.313 e. The lowest BCUT2D eigenvalue weighted by atomic mass is 10.00. The molecule has 2 heterocycles. The first-order valence-corrected chi connectivity index (χ1v) is 16.6. The van der Waals surface area contributed by atoms with Gasteiger partial charge in [-0.3, -0.25) is 9.69 Å². The van der Waals surface area contributed by atoms with Crippen molar-refractivity contribution in [2.45, 2.75) is 76.7 Å². The van der Waals surface area contributed by atoms with E-state index in [1.54, 1.807) is 6.07 Å². The number of nitrogens with zero attached hydrogens (tertiary/aromatic N) is 5. The number of carbonyl (C=O) groups is 1. The molecule has 0 bridgehead atoms. The minimum Gasteiger partial charge on any atom is -0.423 e. The van der Waals surface area contributed by atoms with Crippen LogP contribution in [0.5, 0.6) is 5.75 Å². The summed E-state index contributed by atoms with van der Waals surface area (Å²) in [5.41, 5.74) is 0.305. The Balaban J connectivity index is 1.34. The number of likely N-dealkylation sites (tertiary alicyclic amines) is 1. The van der Waals surface area contributed by atoms with Crippen LogP contribution < -0.4 is 20.9 Å². The quantitative estimate of drug-likeness (QED) is 0.0507. The van der Waals surface area contributed by atoms with Crippen molar-refractivity contribution in [3.05, 3.63) is 29.8 Å². The minimum absolute atomic E-state index is 0.0299. The highest BCUT2D eigenvalue weighted by Gasteiger charge is 2.25. The number of halogens is 1. The molecule has 4 rings (SSSR count). The Morgan fingerprint density at radius 2 is 1.72 bits per heavy atom. The molecule has 2 fully saturated rings. The summed E-state index contributed by atoms with van der Waals surface area (Å²) in [5.74, 6) is 6.50. The molecule has 0 radical (unpaired) electrons. The van der Waals surface area contributed by atoms with Gasteiger partial charge in [-0.1, -0.05) is 32.6 Å². The highest BCUT2D eigenvalue weighted by molar-refractivity contribution is 5.73. The predicted octanol–water partition coefficient (Wildman–Crippen LogP) is 3.69. The van der Waals surface area contributed by atoms with Crippen molar-refractivity contribution in [2.75, 3.05) is 76.2 Å². The summed E-state index contributed by atoms with van der Waals surface area (Å²) in [6.45, 7) is 6.74. The van der Waals surface area contributed by atoms with Crippen molar-refractivity contribution < 1.29 is 33.2 Å². The van der Waals surface area contributed by atoms with Gasteiger partial charge in [-0.25, -0.2) is 15.2 Å². The number of aliphatic hydroxyl groups excluding tert-OH is 1. The van der Waals surface area contributed by atoms with Crippen LogP contribution in [0.4, 0.5) is 22.0 Å². The number of likely N-dealkylation sites (N-methyl/N-ethyl adjacent to an activating group) is 1. The summed E-state index contributed by atoms with van der Waals surface area (Å²) in [7, 11) is 0.